The van der Waals surface area contributed by atoms with Crippen LogP contribution in [-0.2, 0) is 10.9 Å². The van der Waals surface area contributed by atoms with E-state index in [-0.39, 0.29) is 27.8 Å². The molecule has 0 spiro atoms. The number of hydrogen-bond donors (Lipinski definition) is 3. The quantitative estimate of drug-likeness (QED) is 0.223. The van der Waals surface area contributed by atoms with Gasteiger partial charge in [-0.3, -0.25) is 9.25 Å². The Labute approximate surface area is 238 Å². The van der Waals surface area contributed by atoms with E-state index >= 15 is 0 Å². The number of alkyl halides is 3. The number of aliphatic hydroxyl groups excluding tert-OH is 3. The normalized spacial score (nSPS) is 23.2. The van der Waals surface area contributed by atoms with Gasteiger partial charge in [-0.1, -0.05) is 23.2 Å². The third-order valence-corrected chi connectivity index (χ3v) is 7.32. The fourth-order valence-corrected chi connectivity index (χ4v) is 5.07. The molecule has 0 radical (unpaired) electrons. The monoisotopic (exact) mass is 619 g/mol. The number of aromatic nitrogens is 5. The van der Waals surface area contributed by atoms with Crippen molar-refractivity contribution in [3.63, 3.8) is 0 Å². The summed E-state index contributed by atoms with van der Waals surface area (Å²) >= 11 is 11.6. The van der Waals surface area contributed by atoms with Crippen molar-refractivity contribution in [1.29, 1.82) is 0 Å². The number of halogens is 7. The van der Waals surface area contributed by atoms with Crippen molar-refractivity contribution >= 4 is 23.2 Å². The minimum atomic E-state index is -4.79. The van der Waals surface area contributed by atoms with E-state index in [0.717, 1.165) is 39.6 Å². The van der Waals surface area contributed by atoms with Crippen molar-refractivity contribution in [3.05, 3.63) is 81.6 Å². The molecule has 3 N–H and O–H groups in total. The van der Waals surface area contributed by atoms with E-state index in [1.54, 1.807) is 0 Å². The maximum absolute atomic E-state index is 14.0. The maximum atomic E-state index is 14.0. The summed E-state index contributed by atoms with van der Waals surface area (Å²) in [7, 11) is 0. The fourth-order valence-electron chi connectivity index (χ4n) is 4.79. The summed E-state index contributed by atoms with van der Waals surface area (Å²) in [5.41, 5.74) is -1.26. The van der Waals surface area contributed by atoms with Crippen LogP contribution in [0.3, 0.4) is 0 Å². The molecule has 1 saturated heterocycles. The summed E-state index contributed by atoms with van der Waals surface area (Å²) in [5, 5.41) is 43.5. The number of aryl methyl sites for hydroxylation is 1. The lowest BCUT2D eigenvalue weighted by molar-refractivity contribution is -0.210. The Bertz CT molecular complexity index is 1570. The molecule has 9 nitrogen and oxygen atoms in total. The first-order valence-corrected chi connectivity index (χ1v) is 12.7. The largest absolute Gasteiger partial charge is 0.418 e. The van der Waals surface area contributed by atoms with Crippen LogP contribution >= 0.6 is 23.2 Å². The van der Waals surface area contributed by atoms with E-state index in [0.29, 0.717) is 0 Å². The first-order chi connectivity index (χ1) is 19.3. The van der Waals surface area contributed by atoms with Gasteiger partial charge in [0.05, 0.1) is 24.1 Å². The van der Waals surface area contributed by atoms with Gasteiger partial charge < -0.3 is 20.1 Å². The Hall–Kier alpha value is -3.14. The minimum Gasteiger partial charge on any atom is -0.394 e. The number of hydrogen-bond acceptors (Lipinski definition) is 7. The highest BCUT2D eigenvalue weighted by atomic mass is 35.5. The predicted octanol–water partition coefficient (Wildman–Crippen LogP) is 4.44. The first-order valence-electron chi connectivity index (χ1n) is 11.9. The smallest absolute Gasteiger partial charge is 0.394 e. The Morgan fingerprint density at radius 3 is 2.32 bits per heavy atom. The van der Waals surface area contributed by atoms with Crippen LogP contribution in [0.5, 0.6) is 0 Å². The molecule has 1 aliphatic rings. The van der Waals surface area contributed by atoms with Gasteiger partial charge in [0.15, 0.2) is 5.82 Å². The number of benzene rings is 2. The van der Waals surface area contributed by atoms with Gasteiger partial charge in [-0.05, 0) is 42.8 Å². The summed E-state index contributed by atoms with van der Waals surface area (Å²) in [6.45, 7) is 0.632. The second-order valence-corrected chi connectivity index (χ2v) is 10.1. The minimum absolute atomic E-state index is 0.0000425. The van der Waals surface area contributed by atoms with Gasteiger partial charge >= 0.3 is 6.18 Å². The zero-order valence-corrected chi connectivity index (χ0v) is 22.3. The molecule has 16 heteroatoms. The van der Waals surface area contributed by atoms with Gasteiger partial charge in [0, 0.05) is 16.8 Å². The van der Waals surface area contributed by atoms with E-state index in [2.05, 4.69) is 15.3 Å². The molecule has 5 atom stereocenters. The first kappa shape index (κ1) is 29.4. The second-order valence-electron chi connectivity index (χ2n) is 9.31. The van der Waals surface area contributed by atoms with Crippen molar-refractivity contribution < 1.29 is 42.0 Å². The van der Waals surface area contributed by atoms with Gasteiger partial charge in [-0.2, -0.15) is 18.3 Å². The van der Waals surface area contributed by atoms with Crippen molar-refractivity contribution in [3.8, 4) is 16.8 Å². The number of aliphatic hydroxyl groups is 3. The van der Waals surface area contributed by atoms with Crippen LogP contribution in [0.25, 0.3) is 16.8 Å². The zero-order valence-electron chi connectivity index (χ0n) is 20.8. The van der Waals surface area contributed by atoms with Gasteiger partial charge in [0.25, 0.3) is 0 Å². The van der Waals surface area contributed by atoms with Crippen molar-refractivity contribution in [2.75, 3.05) is 6.61 Å². The summed E-state index contributed by atoms with van der Waals surface area (Å²) < 4.78 is 77.6. The van der Waals surface area contributed by atoms with Gasteiger partial charge in [-0.15, -0.1) is 10.2 Å². The highest BCUT2D eigenvalue weighted by Gasteiger charge is 2.48. The van der Waals surface area contributed by atoms with Crippen molar-refractivity contribution in [2.24, 2.45) is 0 Å². The molecule has 2 aromatic carbocycles. The molecule has 2 unspecified atom stereocenters. The van der Waals surface area contributed by atoms with Crippen LogP contribution in [0.2, 0.25) is 10.0 Å². The summed E-state index contributed by atoms with van der Waals surface area (Å²) in [5.74, 6) is -2.31. The summed E-state index contributed by atoms with van der Waals surface area (Å²) in [6.07, 6.45) is -8.46. The highest BCUT2D eigenvalue weighted by Crippen LogP contribution is 2.41. The Balaban J connectivity index is 1.58. The molecule has 0 aliphatic carbocycles. The lowest BCUT2D eigenvalue weighted by Crippen LogP contribution is -2.53. The van der Waals surface area contributed by atoms with E-state index < -0.39 is 71.1 Å². The fraction of sp³-hybridized carbons (Fsp3) is 0.320. The SMILES string of the molecule is Cc1nnc([C@@H]2OC(CO)[C@H](O)C(n3cc(-c4cc(F)c(Cl)c(F)c4)cn3)[C@@H]2O)n1-c1cc(Cl)ccc1C(F)(F)F. The summed E-state index contributed by atoms with van der Waals surface area (Å²) in [4.78, 5) is 0. The third-order valence-electron chi connectivity index (χ3n) is 6.73. The van der Waals surface area contributed by atoms with Crippen LogP contribution in [0, 0.1) is 18.6 Å². The van der Waals surface area contributed by atoms with Crippen molar-refractivity contribution in [2.45, 2.75) is 43.6 Å². The molecule has 41 heavy (non-hydrogen) atoms. The lowest BCUT2D eigenvalue weighted by atomic mass is 9.92. The van der Waals surface area contributed by atoms with Gasteiger partial charge in [-0.25, -0.2) is 8.78 Å². The molecule has 1 fully saturated rings. The molecule has 3 heterocycles. The van der Waals surface area contributed by atoms with Crippen LogP contribution in [0.15, 0.2) is 42.7 Å². The van der Waals surface area contributed by atoms with E-state index in [4.69, 9.17) is 27.9 Å². The lowest BCUT2D eigenvalue weighted by Gasteiger charge is -2.42. The molecule has 4 aromatic rings. The Kier molecular flexibility index (Phi) is 7.82. The van der Waals surface area contributed by atoms with Crippen molar-refractivity contribution in [1.82, 2.24) is 24.5 Å². The third kappa shape index (κ3) is 5.31. The molecule has 218 valence electrons. The molecule has 2 aromatic heterocycles. The average molecular weight is 620 g/mol. The zero-order chi connectivity index (χ0) is 29.8. The van der Waals surface area contributed by atoms with Crippen LogP contribution in [0.4, 0.5) is 22.0 Å². The van der Waals surface area contributed by atoms with Gasteiger partial charge in [0.2, 0.25) is 0 Å². The topological polar surface area (TPSA) is 118 Å². The molecule has 0 saturated carbocycles. The molecule has 1 aliphatic heterocycles. The second kappa shape index (κ2) is 10.9. The van der Waals surface area contributed by atoms with E-state index in [1.807, 2.05) is 0 Å². The Morgan fingerprint density at radius 1 is 1.00 bits per heavy atom. The Morgan fingerprint density at radius 2 is 1.68 bits per heavy atom. The predicted molar refractivity (Wildman–Crippen MR) is 134 cm³/mol. The van der Waals surface area contributed by atoms with Gasteiger partial charge in [0.1, 0.15) is 52.9 Å². The van der Waals surface area contributed by atoms with E-state index in [9.17, 15) is 37.3 Å². The van der Waals surface area contributed by atoms with Crippen LogP contribution < -0.4 is 0 Å². The van der Waals surface area contributed by atoms with Crippen LogP contribution in [-0.4, -0.2) is 64.8 Å². The molecular formula is C25H20Cl2F5N5O4. The molecule has 0 amide bonds. The molecule has 0 bridgehead atoms. The summed E-state index contributed by atoms with van der Waals surface area (Å²) in [6, 6.07) is 3.50. The van der Waals surface area contributed by atoms with Crippen LogP contribution in [0.1, 0.15) is 29.4 Å². The average Bonchev–Trinajstić information content (AvgIpc) is 3.53. The molecular weight excluding hydrogens is 600 g/mol. The maximum Gasteiger partial charge on any atom is 0.418 e. The number of nitrogens with zero attached hydrogens (tertiary/aromatic N) is 5. The number of rotatable bonds is 5. The highest BCUT2D eigenvalue weighted by molar-refractivity contribution is 6.31. The number of ether oxygens (including phenoxy) is 1. The standard InChI is InChI=1S/C25H20Cl2F5N5O4/c1-10-34-35-24(37(10)17-6-13(26)2-3-14(17)25(30,31)32)23-22(40)20(21(39)18(9-38)41-23)36-8-12(7-33-36)11-4-15(28)19(27)16(29)5-11/h2-8,18,20-23,38-40H,9H2,1H3/t18?,20?,21-,22-,23+/m0/s1. The molecule has 5 rings (SSSR count). The van der Waals surface area contributed by atoms with E-state index in [1.165, 1.54) is 19.3 Å².